The number of likely N-dealkylation sites (N-methyl/N-ethyl adjacent to an activating group) is 1. The summed E-state index contributed by atoms with van der Waals surface area (Å²) >= 11 is 1.43. The van der Waals surface area contributed by atoms with Gasteiger partial charge in [-0.15, -0.1) is 11.8 Å². The number of carbonyl (C=O) groups excluding carboxylic acids is 3. The van der Waals surface area contributed by atoms with Crippen molar-refractivity contribution < 1.29 is 23.5 Å². The van der Waals surface area contributed by atoms with Gasteiger partial charge >= 0.3 is 5.97 Å². The van der Waals surface area contributed by atoms with Crippen LogP contribution in [0.2, 0.25) is 0 Å². The molecule has 0 aliphatic carbocycles. The van der Waals surface area contributed by atoms with E-state index in [4.69, 9.17) is 9.15 Å². The lowest BCUT2D eigenvalue weighted by Crippen LogP contribution is -2.44. The van der Waals surface area contributed by atoms with Crippen molar-refractivity contribution in [1.82, 2.24) is 9.80 Å². The molecule has 1 aromatic heterocycles. The minimum absolute atomic E-state index is 0.151. The Morgan fingerprint density at radius 1 is 1.24 bits per heavy atom. The molecule has 0 saturated carbocycles. The molecule has 7 nitrogen and oxygen atoms in total. The van der Waals surface area contributed by atoms with E-state index in [-0.39, 0.29) is 29.8 Å². The quantitative estimate of drug-likeness (QED) is 0.674. The van der Waals surface area contributed by atoms with Gasteiger partial charge in [-0.25, -0.2) is 4.79 Å². The highest BCUT2D eigenvalue weighted by atomic mass is 32.2. The fourth-order valence-corrected chi connectivity index (χ4v) is 4.64. The number of nitrogens with zero attached hydrogens (tertiary/aromatic N) is 2. The van der Waals surface area contributed by atoms with E-state index in [1.54, 1.807) is 24.1 Å². The molecule has 2 aromatic rings. The van der Waals surface area contributed by atoms with E-state index >= 15 is 0 Å². The summed E-state index contributed by atoms with van der Waals surface area (Å²) < 4.78 is 10.7. The first kappa shape index (κ1) is 21.0. The summed E-state index contributed by atoms with van der Waals surface area (Å²) in [5.41, 5.74) is 0.992. The van der Waals surface area contributed by atoms with Crippen molar-refractivity contribution in [2.75, 3.05) is 19.4 Å². The van der Waals surface area contributed by atoms with Crippen LogP contribution in [-0.4, -0.2) is 53.0 Å². The summed E-state index contributed by atoms with van der Waals surface area (Å²) in [5.74, 6) is -0.158. The monoisotopic (exact) mass is 416 g/mol. The van der Waals surface area contributed by atoms with Gasteiger partial charge in [0.25, 0.3) is 5.91 Å². The lowest BCUT2D eigenvalue weighted by atomic mass is 10.1. The lowest BCUT2D eigenvalue weighted by Gasteiger charge is -2.27. The summed E-state index contributed by atoms with van der Waals surface area (Å²) in [5, 5.41) is -0.378. The molecule has 1 saturated heterocycles. The predicted octanol–water partition coefficient (Wildman–Crippen LogP) is 3.00. The number of ether oxygens (including phenoxy) is 1. The molecule has 0 unspecified atom stereocenters. The van der Waals surface area contributed by atoms with Crippen LogP contribution in [-0.2, 0) is 19.1 Å². The fourth-order valence-electron chi connectivity index (χ4n) is 3.23. The SMILES string of the molecule is CC(=O)N1[C@@H](C(=O)OCC(=O)N(C)[C@@H](C)c2ccccc2)CS[C@@H]1c1ccco1. The van der Waals surface area contributed by atoms with Crippen LogP contribution < -0.4 is 0 Å². The molecule has 2 heterocycles. The molecular formula is C21H24N2O5S. The molecule has 0 radical (unpaired) electrons. The van der Waals surface area contributed by atoms with Crippen LogP contribution in [0.15, 0.2) is 53.1 Å². The molecule has 0 spiro atoms. The first-order chi connectivity index (χ1) is 13.9. The Kier molecular flexibility index (Phi) is 6.64. The van der Waals surface area contributed by atoms with Crippen molar-refractivity contribution in [3.8, 4) is 0 Å². The van der Waals surface area contributed by atoms with E-state index in [1.807, 2.05) is 37.3 Å². The molecule has 29 heavy (non-hydrogen) atoms. The average molecular weight is 416 g/mol. The van der Waals surface area contributed by atoms with Gasteiger partial charge in [-0.2, -0.15) is 0 Å². The van der Waals surface area contributed by atoms with Crippen LogP contribution in [0.5, 0.6) is 0 Å². The van der Waals surface area contributed by atoms with Gasteiger partial charge in [0, 0.05) is 19.7 Å². The van der Waals surface area contributed by atoms with Gasteiger partial charge in [-0.05, 0) is 24.6 Å². The highest BCUT2D eigenvalue weighted by Gasteiger charge is 2.43. The molecular weight excluding hydrogens is 392 g/mol. The van der Waals surface area contributed by atoms with E-state index in [2.05, 4.69) is 0 Å². The third kappa shape index (κ3) is 4.64. The van der Waals surface area contributed by atoms with Crippen LogP contribution in [0.4, 0.5) is 0 Å². The van der Waals surface area contributed by atoms with Gasteiger partial charge < -0.3 is 19.0 Å². The van der Waals surface area contributed by atoms with Crippen LogP contribution in [0, 0.1) is 0 Å². The maximum atomic E-state index is 12.6. The molecule has 1 aliphatic rings. The van der Waals surface area contributed by atoms with Crippen molar-refractivity contribution >= 4 is 29.5 Å². The Balaban J connectivity index is 1.59. The second-order valence-corrected chi connectivity index (χ2v) is 7.96. The summed E-state index contributed by atoms with van der Waals surface area (Å²) in [6, 6.07) is 12.2. The fraction of sp³-hybridized carbons (Fsp3) is 0.381. The Morgan fingerprint density at radius 3 is 2.59 bits per heavy atom. The molecule has 1 aromatic carbocycles. The highest BCUT2D eigenvalue weighted by Crippen LogP contribution is 2.41. The molecule has 0 bridgehead atoms. The van der Waals surface area contributed by atoms with E-state index < -0.39 is 12.0 Å². The van der Waals surface area contributed by atoms with Gasteiger partial charge in [-0.1, -0.05) is 30.3 Å². The van der Waals surface area contributed by atoms with E-state index in [9.17, 15) is 14.4 Å². The number of hydrogen-bond donors (Lipinski definition) is 0. The second-order valence-electron chi connectivity index (χ2n) is 6.84. The number of hydrogen-bond acceptors (Lipinski definition) is 6. The van der Waals surface area contributed by atoms with E-state index in [0.717, 1.165) is 5.56 Å². The Labute approximate surface area is 174 Å². The molecule has 0 N–H and O–H groups in total. The summed E-state index contributed by atoms with van der Waals surface area (Å²) in [6.45, 7) is 2.95. The average Bonchev–Trinajstić information content (AvgIpc) is 3.40. The van der Waals surface area contributed by atoms with Crippen molar-refractivity contribution in [3.63, 3.8) is 0 Å². The zero-order chi connectivity index (χ0) is 21.0. The zero-order valence-corrected chi connectivity index (χ0v) is 17.4. The van der Waals surface area contributed by atoms with Crippen LogP contribution in [0.3, 0.4) is 0 Å². The standard InChI is InChI=1S/C21H24N2O5S/c1-14(16-8-5-4-6-9-16)22(3)19(25)12-28-21(26)17-13-29-20(23(17)15(2)24)18-10-7-11-27-18/h4-11,14,17,20H,12-13H2,1-3H3/t14-,17+,20+/m0/s1. The van der Waals surface area contributed by atoms with Gasteiger partial charge in [0.1, 0.15) is 17.2 Å². The number of esters is 1. The van der Waals surface area contributed by atoms with E-state index in [0.29, 0.717) is 11.5 Å². The molecule has 154 valence electrons. The maximum absolute atomic E-state index is 12.6. The normalized spacial score (nSPS) is 19.6. The molecule has 8 heteroatoms. The third-order valence-electron chi connectivity index (χ3n) is 5.02. The van der Waals surface area contributed by atoms with Gasteiger partial charge in [0.05, 0.1) is 12.3 Å². The topological polar surface area (TPSA) is 80.1 Å². The smallest absolute Gasteiger partial charge is 0.330 e. The largest absolute Gasteiger partial charge is 0.466 e. The Hall–Kier alpha value is -2.74. The van der Waals surface area contributed by atoms with E-state index in [1.165, 1.54) is 29.8 Å². The number of amides is 2. The number of rotatable bonds is 6. The maximum Gasteiger partial charge on any atom is 0.330 e. The first-order valence-corrected chi connectivity index (χ1v) is 10.4. The van der Waals surface area contributed by atoms with Crippen LogP contribution in [0.25, 0.3) is 0 Å². The lowest BCUT2D eigenvalue weighted by molar-refractivity contribution is -0.158. The molecule has 1 fully saturated rings. The molecule has 1 aliphatic heterocycles. The van der Waals surface area contributed by atoms with Crippen molar-refractivity contribution in [1.29, 1.82) is 0 Å². The summed E-state index contributed by atoms with van der Waals surface area (Å²) in [4.78, 5) is 40.2. The predicted molar refractivity (Wildman–Crippen MR) is 109 cm³/mol. The first-order valence-electron chi connectivity index (χ1n) is 9.31. The number of benzene rings is 1. The van der Waals surface area contributed by atoms with Crippen molar-refractivity contribution in [3.05, 3.63) is 60.1 Å². The van der Waals surface area contributed by atoms with Gasteiger partial charge in [-0.3, -0.25) is 9.59 Å². The van der Waals surface area contributed by atoms with Crippen LogP contribution >= 0.6 is 11.8 Å². The number of thioether (sulfide) groups is 1. The second kappa shape index (κ2) is 9.17. The van der Waals surface area contributed by atoms with Gasteiger partial charge in [0.15, 0.2) is 6.61 Å². The molecule has 3 rings (SSSR count). The third-order valence-corrected chi connectivity index (χ3v) is 6.30. The number of furan rings is 1. The molecule has 3 atom stereocenters. The van der Waals surface area contributed by atoms with Gasteiger partial charge in [0.2, 0.25) is 5.91 Å². The van der Waals surface area contributed by atoms with Crippen molar-refractivity contribution in [2.45, 2.75) is 31.3 Å². The minimum atomic E-state index is -0.753. The highest BCUT2D eigenvalue weighted by molar-refractivity contribution is 7.99. The molecule has 2 amide bonds. The summed E-state index contributed by atoms with van der Waals surface area (Å²) in [6.07, 6.45) is 1.53. The zero-order valence-electron chi connectivity index (χ0n) is 16.6. The summed E-state index contributed by atoms with van der Waals surface area (Å²) in [7, 11) is 1.67. The number of carbonyl (C=O) groups is 3. The van der Waals surface area contributed by atoms with Crippen LogP contribution in [0.1, 0.15) is 36.6 Å². The Bertz CT molecular complexity index is 855. The van der Waals surface area contributed by atoms with Crippen molar-refractivity contribution in [2.24, 2.45) is 0 Å². The Morgan fingerprint density at radius 2 is 1.97 bits per heavy atom. The minimum Gasteiger partial charge on any atom is -0.466 e.